The van der Waals surface area contributed by atoms with E-state index >= 15 is 0 Å². The van der Waals surface area contributed by atoms with Crippen LogP contribution in [0, 0.1) is 17.0 Å². The Balaban J connectivity index is 2.53. The molecule has 0 radical (unpaired) electrons. The molecule has 0 aliphatic heterocycles. The van der Waals surface area contributed by atoms with Crippen molar-refractivity contribution in [2.45, 2.75) is 19.8 Å². The molecule has 22 heavy (non-hydrogen) atoms. The first kappa shape index (κ1) is 17.6. The minimum absolute atomic E-state index is 0.0160. The van der Waals surface area contributed by atoms with Crippen LogP contribution in [0.5, 0.6) is 0 Å². The third-order valence-electron chi connectivity index (χ3n) is 3.13. The first-order valence-electron chi connectivity index (χ1n) is 6.75. The maximum atomic E-state index is 11.9. The number of anilines is 1. The van der Waals surface area contributed by atoms with Crippen molar-refractivity contribution in [2.24, 2.45) is 0 Å². The van der Waals surface area contributed by atoms with E-state index in [0.717, 1.165) is 5.56 Å². The van der Waals surface area contributed by atoms with E-state index in [4.69, 9.17) is 5.11 Å². The summed E-state index contributed by atoms with van der Waals surface area (Å²) in [6.07, 6.45) is 0.195. The number of carboxylic acid groups (broad SMARTS) is 1. The fourth-order valence-electron chi connectivity index (χ4n) is 1.76. The monoisotopic (exact) mass is 309 g/mol. The van der Waals surface area contributed by atoms with Crippen molar-refractivity contribution < 1.29 is 19.6 Å². The second kappa shape index (κ2) is 8.08. The van der Waals surface area contributed by atoms with Gasteiger partial charge in [-0.3, -0.25) is 19.7 Å². The van der Waals surface area contributed by atoms with Crippen LogP contribution in [-0.4, -0.2) is 46.9 Å². The van der Waals surface area contributed by atoms with Gasteiger partial charge >= 0.3 is 5.97 Å². The zero-order chi connectivity index (χ0) is 16.7. The fraction of sp³-hybridized carbons (Fsp3) is 0.429. The number of nitro groups is 1. The number of amides is 1. The van der Waals surface area contributed by atoms with Crippen molar-refractivity contribution in [3.05, 3.63) is 33.9 Å². The molecule has 0 saturated heterocycles. The summed E-state index contributed by atoms with van der Waals surface area (Å²) in [6.45, 7) is 2.52. The lowest BCUT2D eigenvalue weighted by Gasteiger charge is -2.15. The molecular weight excluding hydrogens is 290 g/mol. The van der Waals surface area contributed by atoms with Gasteiger partial charge in [-0.15, -0.1) is 0 Å². The highest BCUT2D eigenvalue weighted by molar-refractivity contribution is 5.92. The number of carbonyl (C=O) groups excluding carboxylic acids is 1. The molecule has 8 heteroatoms. The van der Waals surface area contributed by atoms with Crippen molar-refractivity contribution in [2.75, 3.05) is 25.5 Å². The Morgan fingerprint density at radius 3 is 2.55 bits per heavy atom. The number of benzene rings is 1. The molecule has 0 spiro atoms. The van der Waals surface area contributed by atoms with E-state index in [-0.39, 0.29) is 24.4 Å². The molecule has 0 aliphatic carbocycles. The maximum absolute atomic E-state index is 11.9. The Bertz CT molecular complexity index is 574. The van der Waals surface area contributed by atoms with Gasteiger partial charge < -0.3 is 15.3 Å². The van der Waals surface area contributed by atoms with Crippen LogP contribution in [-0.2, 0) is 9.59 Å². The average molecular weight is 309 g/mol. The van der Waals surface area contributed by atoms with Gasteiger partial charge in [-0.05, 0) is 19.5 Å². The van der Waals surface area contributed by atoms with Gasteiger partial charge in [0.15, 0.2) is 0 Å². The van der Waals surface area contributed by atoms with Crippen molar-refractivity contribution >= 4 is 23.3 Å². The molecule has 1 aromatic rings. The molecule has 0 unspecified atom stereocenters. The topological polar surface area (TPSA) is 113 Å². The maximum Gasteiger partial charge on any atom is 0.304 e. The van der Waals surface area contributed by atoms with Crippen LogP contribution in [0.15, 0.2) is 18.2 Å². The summed E-state index contributed by atoms with van der Waals surface area (Å²) in [7, 11) is 1.73. The molecular formula is C14H19N3O5. The predicted molar refractivity (Wildman–Crippen MR) is 80.8 cm³/mol. The highest BCUT2D eigenvalue weighted by atomic mass is 16.6. The Morgan fingerprint density at radius 2 is 1.95 bits per heavy atom. The highest BCUT2D eigenvalue weighted by Gasteiger charge is 2.12. The zero-order valence-corrected chi connectivity index (χ0v) is 12.5. The van der Waals surface area contributed by atoms with Crippen molar-refractivity contribution in [3.8, 4) is 0 Å². The first-order valence-corrected chi connectivity index (χ1v) is 6.75. The Labute approximate surface area is 127 Å². The quantitative estimate of drug-likeness (QED) is 0.557. The van der Waals surface area contributed by atoms with Crippen LogP contribution >= 0.6 is 0 Å². The molecule has 0 bridgehead atoms. The number of nitrogens with one attached hydrogen (secondary N) is 1. The van der Waals surface area contributed by atoms with Crippen molar-refractivity contribution in [1.82, 2.24) is 4.90 Å². The smallest absolute Gasteiger partial charge is 0.304 e. The van der Waals surface area contributed by atoms with E-state index in [2.05, 4.69) is 5.32 Å². The van der Waals surface area contributed by atoms with Gasteiger partial charge in [0.25, 0.3) is 5.69 Å². The summed E-state index contributed by atoms with van der Waals surface area (Å²) >= 11 is 0. The van der Waals surface area contributed by atoms with Crippen LogP contribution in [0.2, 0.25) is 0 Å². The molecule has 120 valence electrons. The predicted octanol–water partition coefficient (Wildman–Crippen LogP) is 1.64. The van der Waals surface area contributed by atoms with E-state index in [1.54, 1.807) is 24.9 Å². The second-order valence-electron chi connectivity index (χ2n) is 5.00. The fourth-order valence-corrected chi connectivity index (χ4v) is 1.76. The Morgan fingerprint density at radius 1 is 1.32 bits per heavy atom. The number of rotatable bonds is 8. The van der Waals surface area contributed by atoms with Gasteiger partial charge in [0, 0.05) is 31.6 Å². The van der Waals surface area contributed by atoms with E-state index < -0.39 is 10.9 Å². The van der Waals surface area contributed by atoms with Crippen LogP contribution in [0.1, 0.15) is 18.4 Å². The molecule has 0 heterocycles. The van der Waals surface area contributed by atoms with Crippen LogP contribution < -0.4 is 5.32 Å². The van der Waals surface area contributed by atoms with Gasteiger partial charge in [0.2, 0.25) is 5.91 Å². The van der Waals surface area contributed by atoms with Gasteiger partial charge in [-0.25, -0.2) is 0 Å². The van der Waals surface area contributed by atoms with Gasteiger partial charge in [0.05, 0.1) is 17.0 Å². The number of aliphatic carboxylic acids is 1. The molecule has 1 rings (SSSR count). The molecule has 1 aromatic carbocycles. The average Bonchev–Trinajstić information content (AvgIpc) is 2.45. The minimum Gasteiger partial charge on any atom is -0.481 e. The van der Waals surface area contributed by atoms with Crippen LogP contribution in [0.25, 0.3) is 0 Å². The summed E-state index contributed by atoms with van der Waals surface area (Å²) in [5.41, 5.74) is 1.06. The largest absolute Gasteiger partial charge is 0.481 e. The third-order valence-corrected chi connectivity index (χ3v) is 3.13. The van der Waals surface area contributed by atoms with Crippen molar-refractivity contribution in [3.63, 3.8) is 0 Å². The minimum atomic E-state index is -0.886. The number of non-ortho nitro benzene ring substituents is 1. The Kier molecular flexibility index (Phi) is 6.46. The number of hydrogen-bond acceptors (Lipinski definition) is 5. The zero-order valence-electron chi connectivity index (χ0n) is 12.5. The standard InChI is InChI=1S/C14H19N3O5/c1-10-3-4-11(17(21)22)9-12(10)15-13(18)5-7-16(2)8-6-14(19)20/h3-4,9H,5-8H2,1-2H3,(H,15,18)(H,19,20). The second-order valence-corrected chi connectivity index (χ2v) is 5.00. The lowest BCUT2D eigenvalue weighted by atomic mass is 10.1. The molecule has 2 N–H and O–H groups in total. The normalized spacial score (nSPS) is 10.5. The van der Waals surface area contributed by atoms with Gasteiger partial charge in [-0.1, -0.05) is 6.07 Å². The molecule has 8 nitrogen and oxygen atoms in total. The Hall–Kier alpha value is -2.48. The molecule has 0 saturated carbocycles. The number of aryl methyl sites for hydroxylation is 1. The number of carbonyl (C=O) groups is 2. The van der Waals surface area contributed by atoms with Crippen molar-refractivity contribution in [1.29, 1.82) is 0 Å². The number of hydrogen-bond donors (Lipinski definition) is 2. The number of nitrogens with zero attached hydrogens (tertiary/aromatic N) is 2. The third kappa shape index (κ3) is 5.88. The summed E-state index contributed by atoms with van der Waals surface area (Å²) in [5.74, 6) is -1.16. The summed E-state index contributed by atoms with van der Waals surface area (Å²) in [5, 5.41) is 21.9. The molecule has 0 atom stereocenters. The summed E-state index contributed by atoms with van der Waals surface area (Å²) in [4.78, 5) is 34.3. The molecule has 0 aromatic heterocycles. The van der Waals surface area contributed by atoms with Gasteiger partial charge in [0.1, 0.15) is 0 Å². The molecule has 0 aliphatic rings. The number of carboxylic acids is 1. The lowest BCUT2D eigenvalue weighted by molar-refractivity contribution is -0.384. The van der Waals surface area contributed by atoms with Gasteiger partial charge in [-0.2, -0.15) is 0 Å². The van der Waals surface area contributed by atoms with E-state index in [1.807, 2.05) is 0 Å². The first-order chi connectivity index (χ1) is 10.3. The summed E-state index contributed by atoms with van der Waals surface area (Å²) in [6, 6.07) is 4.28. The summed E-state index contributed by atoms with van der Waals surface area (Å²) < 4.78 is 0. The van der Waals surface area contributed by atoms with E-state index in [1.165, 1.54) is 12.1 Å². The van der Waals surface area contributed by atoms with E-state index in [0.29, 0.717) is 18.8 Å². The van der Waals surface area contributed by atoms with Crippen LogP contribution in [0.3, 0.4) is 0 Å². The lowest BCUT2D eigenvalue weighted by Crippen LogP contribution is -2.26. The number of nitro benzene ring substituents is 1. The molecule has 0 fully saturated rings. The molecule has 1 amide bonds. The highest BCUT2D eigenvalue weighted by Crippen LogP contribution is 2.21. The SMILES string of the molecule is Cc1ccc([N+](=O)[O-])cc1NC(=O)CCN(C)CCC(=O)O. The van der Waals surface area contributed by atoms with Crippen LogP contribution in [0.4, 0.5) is 11.4 Å². The van der Waals surface area contributed by atoms with E-state index in [9.17, 15) is 19.7 Å².